The molecular weight excluding hydrogens is 455 g/mol. The van der Waals surface area contributed by atoms with Crippen molar-refractivity contribution in [2.75, 3.05) is 25.0 Å². The highest BCUT2D eigenvalue weighted by atomic mass is 127. The van der Waals surface area contributed by atoms with Crippen LogP contribution in [0.5, 0.6) is 5.75 Å². The maximum atomic E-state index is 12.1. The van der Waals surface area contributed by atoms with Gasteiger partial charge >= 0.3 is 0 Å². The number of carbonyl (C=O) groups excluding carboxylic acids is 1. The fraction of sp³-hybridized carbons (Fsp3) is 0.300. The third-order valence-corrected chi connectivity index (χ3v) is 3.50. The summed E-state index contributed by atoms with van der Waals surface area (Å²) in [6.45, 7) is 5.85. The summed E-state index contributed by atoms with van der Waals surface area (Å²) in [4.78, 5) is 16.6. The minimum absolute atomic E-state index is 0. The van der Waals surface area contributed by atoms with Crippen molar-refractivity contribution in [2.45, 2.75) is 20.4 Å². The van der Waals surface area contributed by atoms with Crippen molar-refractivity contribution in [2.24, 2.45) is 4.99 Å². The van der Waals surface area contributed by atoms with E-state index in [0.717, 1.165) is 17.0 Å². The van der Waals surface area contributed by atoms with Gasteiger partial charge in [0.1, 0.15) is 5.75 Å². The van der Waals surface area contributed by atoms with E-state index in [1.54, 1.807) is 0 Å². The van der Waals surface area contributed by atoms with Gasteiger partial charge in [-0.1, -0.05) is 36.4 Å². The monoisotopic (exact) mass is 482 g/mol. The lowest BCUT2D eigenvalue weighted by atomic mass is 10.2. The zero-order valence-electron chi connectivity index (χ0n) is 15.7. The Morgan fingerprint density at radius 1 is 1.00 bits per heavy atom. The summed E-state index contributed by atoms with van der Waals surface area (Å²) in [5, 5.41) is 9.02. The lowest BCUT2D eigenvalue weighted by Crippen LogP contribution is -2.41. The van der Waals surface area contributed by atoms with Crippen LogP contribution in [0.15, 0.2) is 59.6 Å². The zero-order chi connectivity index (χ0) is 18.6. The molecule has 0 heterocycles. The van der Waals surface area contributed by atoms with Gasteiger partial charge in [0, 0.05) is 17.8 Å². The largest absolute Gasteiger partial charge is 0.494 e. The number of nitrogens with zero attached hydrogens (tertiary/aromatic N) is 1. The van der Waals surface area contributed by atoms with Crippen molar-refractivity contribution in [3.63, 3.8) is 0 Å². The number of para-hydroxylation sites is 2. The van der Waals surface area contributed by atoms with Crippen LogP contribution in [0.1, 0.15) is 19.4 Å². The summed E-state index contributed by atoms with van der Waals surface area (Å²) in [5.74, 6) is 1.29. The standard InChI is InChI=1S/C20H26N4O2.HI/c1-3-21-20(22-14-16-10-8-9-13-18(16)26-4-2)23-15-19(25)24-17-11-6-5-7-12-17;/h5-13H,3-4,14-15H2,1-2H3,(H,24,25)(H2,21,22,23);1H. The van der Waals surface area contributed by atoms with Crippen LogP contribution in [0.3, 0.4) is 0 Å². The molecule has 0 fully saturated rings. The SMILES string of the molecule is CCNC(=NCc1ccccc1OCC)NCC(=O)Nc1ccccc1.I. The predicted octanol–water partition coefficient (Wildman–Crippen LogP) is 3.40. The Bertz CT molecular complexity index is 723. The highest BCUT2D eigenvalue weighted by Crippen LogP contribution is 2.18. The number of halogens is 1. The van der Waals surface area contributed by atoms with Crippen LogP contribution in [-0.2, 0) is 11.3 Å². The van der Waals surface area contributed by atoms with E-state index in [-0.39, 0.29) is 36.4 Å². The Hall–Kier alpha value is -2.29. The fourth-order valence-corrected chi connectivity index (χ4v) is 2.33. The van der Waals surface area contributed by atoms with Crippen LogP contribution in [0, 0.1) is 0 Å². The molecule has 3 N–H and O–H groups in total. The third kappa shape index (κ3) is 8.29. The van der Waals surface area contributed by atoms with Crippen LogP contribution in [-0.4, -0.2) is 31.6 Å². The molecule has 0 saturated heterocycles. The zero-order valence-corrected chi connectivity index (χ0v) is 18.0. The van der Waals surface area contributed by atoms with Gasteiger partial charge in [-0.3, -0.25) is 4.79 Å². The minimum Gasteiger partial charge on any atom is -0.494 e. The molecule has 27 heavy (non-hydrogen) atoms. The number of carbonyl (C=O) groups is 1. The van der Waals surface area contributed by atoms with E-state index in [1.807, 2.05) is 68.4 Å². The molecule has 146 valence electrons. The molecule has 2 rings (SSSR count). The first kappa shape index (κ1) is 22.8. The Morgan fingerprint density at radius 2 is 1.70 bits per heavy atom. The van der Waals surface area contributed by atoms with E-state index in [4.69, 9.17) is 4.74 Å². The molecule has 0 unspecified atom stereocenters. The molecule has 7 heteroatoms. The summed E-state index contributed by atoms with van der Waals surface area (Å²) in [6, 6.07) is 17.2. The molecule has 2 aromatic carbocycles. The molecule has 0 bridgehead atoms. The van der Waals surface area contributed by atoms with Gasteiger partial charge in [0.2, 0.25) is 5.91 Å². The van der Waals surface area contributed by atoms with Crippen molar-refractivity contribution < 1.29 is 9.53 Å². The lowest BCUT2D eigenvalue weighted by Gasteiger charge is -2.12. The third-order valence-electron chi connectivity index (χ3n) is 3.50. The maximum Gasteiger partial charge on any atom is 0.243 e. The average Bonchev–Trinajstić information content (AvgIpc) is 2.66. The van der Waals surface area contributed by atoms with Gasteiger partial charge in [-0.15, -0.1) is 24.0 Å². The first-order chi connectivity index (χ1) is 12.7. The number of anilines is 1. The van der Waals surface area contributed by atoms with Gasteiger partial charge in [0.05, 0.1) is 19.7 Å². The number of hydrogen-bond acceptors (Lipinski definition) is 3. The Morgan fingerprint density at radius 3 is 2.41 bits per heavy atom. The molecule has 1 amide bonds. The minimum atomic E-state index is -0.128. The molecule has 0 saturated carbocycles. The summed E-state index contributed by atoms with van der Waals surface area (Å²) in [5.41, 5.74) is 1.77. The number of nitrogens with one attached hydrogen (secondary N) is 3. The summed E-state index contributed by atoms with van der Waals surface area (Å²) in [6.07, 6.45) is 0. The number of rotatable bonds is 8. The molecule has 0 aliphatic rings. The molecule has 6 nitrogen and oxygen atoms in total. The second-order valence-electron chi connectivity index (χ2n) is 5.50. The van der Waals surface area contributed by atoms with Crippen molar-refractivity contribution in [3.05, 3.63) is 60.2 Å². The Labute approximate surface area is 177 Å². The molecular formula is C20H27IN4O2. The molecule has 0 aliphatic carbocycles. The predicted molar refractivity (Wildman–Crippen MR) is 121 cm³/mol. The van der Waals surface area contributed by atoms with Crippen LogP contribution in [0.4, 0.5) is 5.69 Å². The van der Waals surface area contributed by atoms with Crippen molar-refractivity contribution in [3.8, 4) is 5.75 Å². The smallest absolute Gasteiger partial charge is 0.243 e. The molecule has 0 spiro atoms. The van der Waals surface area contributed by atoms with E-state index >= 15 is 0 Å². The molecule has 0 aliphatic heterocycles. The highest BCUT2D eigenvalue weighted by Gasteiger charge is 2.06. The Balaban J connectivity index is 0.00000364. The van der Waals surface area contributed by atoms with E-state index in [2.05, 4.69) is 20.9 Å². The van der Waals surface area contributed by atoms with Gasteiger partial charge in [0.25, 0.3) is 0 Å². The van der Waals surface area contributed by atoms with Gasteiger partial charge in [-0.2, -0.15) is 0 Å². The second kappa shape index (κ2) is 13.0. The summed E-state index contributed by atoms with van der Waals surface area (Å²) in [7, 11) is 0. The topological polar surface area (TPSA) is 74.8 Å². The number of aliphatic imine (C=N–C) groups is 1. The van der Waals surface area contributed by atoms with Gasteiger partial charge < -0.3 is 20.7 Å². The fourth-order valence-electron chi connectivity index (χ4n) is 2.33. The number of hydrogen-bond donors (Lipinski definition) is 3. The number of benzene rings is 2. The van der Waals surface area contributed by atoms with Crippen molar-refractivity contribution in [1.29, 1.82) is 0 Å². The van der Waals surface area contributed by atoms with E-state index in [1.165, 1.54) is 0 Å². The quantitative estimate of drug-likeness (QED) is 0.307. The van der Waals surface area contributed by atoms with E-state index in [0.29, 0.717) is 25.7 Å². The van der Waals surface area contributed by atoms with Crippen LogP contribution >= 0.6 is 24.0 Å². The average molecular weight is 482 g/mol. The van der Waals surface area contributed by atoms with Crippen LogP contribution < -0.4 is 20.7 Å². The summed E-state index contributed by atoms with van der Waals surface area (Å²) >= 11 is 0. The van der Waals surface area contributed by atoms with E-state index < -0.39 is 0 Å². The van der Waals surface area contributed by atoms with Crippen molar-refractivity contribution >= 4 is 41.5 Å². The van der Waals surface area contributed by atoms with E-state index in [9.17, 15) is 4.79 Å². The van der Waals surface area contributed by atoms with Gasteiger partial charge in [-0.25, -0.2) is 4.99 Å². The maximum absolute atomic E-state index is 12.1. The lowest BCUT2D eigenvalue weighted by molar-refractivity contribution is -0.115. The van der Waals surface area contributed by atoms with Gasteiger partial charge in [-0.05, 0) is 32.0 Å². The molecule has 0 radical (unpaired) electrons. The van der Waals surface area contributed by atoms with Crippen LogP contribution in [0.2, 0.25) is 0 Å². The molecule has 0 atom stereocenters. The highest BCUT2D eigenvalue weighted by molar-refractivity contribution is 14.0. The normalized spacial score (nSPS) is 10.5. The number of amides is 1. The first-order valence-electron chi connectivity index (χ1n) is 8.80. The van der Waals surface area contributed by atoms with Crippen LogP contribution in [0.25, 0.3) is 0 Å². The van der Waals surface area contributed by atoms with Gasteiger partial charge in [0.15, 0.2) is 5.96 Å². The molecule has 0 aromatic heterocycles. The Kier molecular flexibility index (Phi) is 10.9. The number of guanidine groups is 1. The second-order valence-corrected chi connectivity index (χ2v) is 5.50. The summed E-state index contributed by atoms with van der Waals surface area (Å²) < 4.78 is 5.62. The molecule has 2 aromatic rings. The number of ether oxygens (including phenoxy) is 1. The first-order valence-corrected chi connectivity index (χ1v) is 8.80. The van der Waals surface area contributed by atoms with Crippen molar-refractivity contribution in [1.82, 2.24) is 10.6 Å².